The highest BCUT2D eigenvalue weighted by Crippen LogP contribution is 2.48. The molecule has 0 aliphatic rings. The van der Waals surface area contributed by atoms with E-state index in [1.54, 1.807) is 0 Å². The molecule has 5 nitrogen and oxygen atoms in total. The lowest BCUT2D eigenvalue weighted by molar-refractivity contribution is 0.677. The third-order valence-corrected chi connectivity index (χ3v) is 13.7. The summed E-state index contributed by atoms with van der Waals surface area (Å²) >= 11 is 0. The summed E-state index contributed by atoms with van der Waals surface area (Å²) in [5.41, 5.74) is 17.4. The van der Waals surface area contributed by atoms with Crippen molar-refractivity contribution in [3.05, 3.63) is 243 Å². The molecular weight excluding hydrogens is 841 g/mol. The number of para-hydroxylation sites is 3. The molecule has 0 aliphatic carbocycles. The van der Waals surface area contributed by atoms with E-state index in [1.165, 1.54) is 0 Å². The van der Waals surface area contributed by atoms with Gasteiger partial charge in [-0.1, -0.05) is 176 Å². The lowest BCUT2D eigenvalue weighted by atomic mass is 9.92. The van der Waals surface area contributed by atoms with Gasteiger partial charge in [0, 0.05) is 55.0 Å². The van der Waals surface area contributed by atoms with Crippen LogP contribution in [-0.2, 0) is 0 Å². The maximum Gasteiger partial charge on any atom is 0.160 e. The summed E-state index contributed by atoms with van der Waals surface area (Å²) in [6.45, 7) is 0. The number of rotatable bonds is 7. The molecule has 14 rings (SSSR count). The number of benzene rings is 10. The second-order valence-corrected chi connectivity index (χ2v) is 17.7. The molecule has 0 amide bonds. The Morgan fingerprint density at radius 3 is 1.20 bits per heavy atom. The molecule has 4 aromatic heterocycles. The highest BCUT2D eigenvalue weighted by Gasteiger charge is 2.26. The van der Waals surface area contributed by atoms with Crippen LogP contribution in [0.25, 0.3) is 133 Å². The Labute approximate surface area is 397 Å². The van der Waals surface area contributed by atoms with Crippen molar-refractivity contribution in [2.75, 3.05) is 0 Å². The van der Waals surface area contributed by atoms with Gasteiger partial charge in [0.05, 0.1) is 49.9 Å². The summed E-state index contributed by atoms with van der Waals surface area (Å²) in [6, 6.07) is 86.0. The van der Waals surface area contributed by atoms with Crippen molar-refractivity contribution in [1.82, 2.24) is 19.1 Å². The highest BCUT2D eigenvalue weighted by molar-refractivity contribution is 6.29. The Bertz CT molecular complexity index is 4150. The molecule has 0 N–H and O–H groups in total. The van der Waals surface area contributed by atoms with Gasteiger partial charge in [-0.3, -0.25) is 0 Å². The Morgan fingerprint density at radius 2 is 0.710 bits per heavy atom. The van der Waals surface area contributed by atoms with Crippen molar-refractivity contribution in [3.63, 3.8) is 0 Å². The van der Waals surface area contributed by atoms with Crippen LogP contribution < -0.4 is 0 Å². The first-order valence-electron chi connectivity index (χ1n) is 23.4. The number of furan rings is 1. The van der Waals surface area contributed by atoms with E-state index in [-0.39, 0.29) is 0 Å². The molecule has 0 fully saturated rings. The fraction of sp³-hybridized carbons (Fsp3) is 0. The van der Waals surface area contributed by atoms with E-state index < -0.39 is 0 Å². The molecule has 14 aromatic rings. The molecule has 10 aromatic carbocycles. The Hall–Kier alpha value is -9.32. The fourth-order valence-electron chi connectivity index (χ4n) is 10.7. The van der Waals surface area contributed by atoms with E-state index in [4.69, 9.17) is 14.4 Å². The summed E-state index contributed by atoms with van der Waals surface area (Å²) < 4.78 is 12.2. The predicted octanol–water partition coefficient (Wildman–Crippen LogP) is 16.9. The number of hydrogen-bond donors (Lipinski definition) is 0. The van der Waals surface area contributed by atoms with Crippen LogP contribution in [0.4, 0.5) is 0 Å². The first-order chi connectivity index (χ1) is 34.2. The Balaban J connectivity index is 1.08. The number of hydrogen-bond acceptors (Lipinski definition) is 3. The summed E-state index contributed by atoms with van der Waals surface area (Å²) in [6.07, 6.45) is 0. The monoisotopic (exact) mass is 880 g/mol. The smallest absolute Gasteiger partial charge is 0.160 e. The minimum atomic E-state index is 0.655. The molecule has 0 aliphatic heterocycles. The van der Waals surface area contributed by atoms with Gasteiger partial charge in [-0.15, -0.1) is 0 Å². The van der Waals surface area contributed by atoms with Gasteiger partial charge in [-0.05, 0) is 77.9 Å². The topological polar surface area (TPSA) is 48.8 Å². The zero-order valence-corrected chi connectivity index (χ0v) is 37.3. The molecule has 4 heterocycles. The lowest BCUT2D eigenvalue weighted by Crippen LogP contribution is -2.03. The van der Waals surface area contributed by atoms with Crippen molar-refractivity contribution in [2.45, 2.75) is 0 Å². The lowest BCUT2D eigenvalue weighted by Gasteiger charge is -2.21. The summed E-state index contributed by atoms with van der Waals surface area (Å²) in [7, 11) is 0. The van der Waals surface area contributed by atoms with Gasteiger partial charge >= 0.3 is 0 Å². The van der Waals surface area contributed by atoms with Gasteiger partial charge in [0.25, 0.3) is 0 Å². The maximum absolute atomic E-state index is 7.35. The van der Waals surface area contributed by atoms with E-state index in [0.717, 1.165) is 127 Å². The Kier molecular flexibility index (Phi) is 8.83. The first kappa shape index (κ1) is 38.9. The minimum Gasteiger partial charge on any atom is -0.455 e. The SMILES string of the molecule is c1ccc(-c2cc(-c3ccccc3)nc(-c3cc(-c4ccccc4)c(-n4c5ccccc5c5c6oc7c(ccc8c7c7ccccc7n8-c7ccccc7)c6ccc54)c(-c4ccccc4)c3)n2)cc1. The average Bonchev–Trinajstić information content (AvgIpc) is 4.09. The van der Waals surface area contributed by atoms with Gasteiger partial charge in [0.15, 0.2) is 5.82 Å². The van der Waals surface area contributed by atoms with E-state index in [9.17, 15) is 0 Å². The standard InChI is InChI=1S/C64H40N4O/c1-6-20-41(21-7-1)51-38-45(64-65-53(43-24-10-3-11-25-43)40-54(66-64)44-26-12-4-13-27-44)39-52(42-22-8-2-9-23-42)61(51)68-56-33-19-17-31-50(56)60-58(68)37-35-48-47-34-36-57-59(62(47)69-63(48)60)49-30-16-18-32-55(49)67(57)46-28-14-5-15-29-46/h1-40H. The molecule has 0 atom stereocenters. The summed E-state index contributed by atoms with van der Waals surface area (Å²) in [5.74, 6) is 0.655. The molecule has 0 bridgehead atoms. The number of fused-ring (bicyclic) bond motifs is 11. The molecule has 5 heteroatoms. The molecule has 0 unspecified atom stereocenters. The largest absolute Gasteiger partial charge is 0.455 e. The first-order valence-corrected chi connectivity index (χ1v) is 23.4. The summed E-state index contributed by atoms with van der Waals surface area (Å²) in [4.78, 5) is 10.7. The van der Waals surface area contributed by atoms with Crippen LogP contribution in [0.5, 0.6) is 0 Å². The predicted molar refractivity (Wildman–Crippen MR) is 285 cm³/mol. The third-order valence-electron chi connectivity index (χ3n) is 13.7. The van der Waals surface area contributed by atoms with Gasteiger partial charge in [0.2, 0.25) is 0 Å². The normalized spacial score (nSPS) is 11.8. The molecule has 69 heavy (non-hydrogen) atoms. The van der Waals surface area contributed by atoms with Crippen molar-refractivity contribution < 1.29 is 4.42 Å². The highest BCUT2D eigenvalue weighted by atomic mass is 16.3. The van der Waals surface area contributed by atoms with Crippen LogP contribution in [-0.4, -0.2) is 19.1 Å². The van der Waals surface area contributed by atoms with E-state index in [1.807, 2.05) is 12.1 Å². The number of nitrogens with zero attached hydrogens (tertiary/aromatic N) is 4. The quantitative estimate of drug-likeness (QED) is 0.160. The molecule has 322 valence electrons. The second kappa shape index (κ2) is 15.7. The van der Waals surface area contributed by atoms with Crippen molar-refractivity contribution in [2.24, 2.45) is 0 Å². The number of aromatic nitrogens is 4. The van der Waals surface area contributed by atoms with Gasteiger partial charge in [-0.2, -0.15) is 0 Å². The van der Waals surface area contributed by atoms with Gasteiger partial charge < -0.3 is 13.6 Å². The van der Waals surface area contributed by atoms with Gasteiger partial charge in [-0.25, -0.2) is 9.97 Å². The van der Waals surface area contributed by atoms with Crippen LogP contribution in [0, 0.1) is 0 Å². The van der Waals surface area contributed by atoms with E-state index in [0.29, 0.717) is 5.82 Å². The Morgan fingerprint density at radius 1 is 0.304 bits per heavy atom. The molecule has 0 saturated carbocycles. The van der Waals surface area contributed by atoms with Crippen LogP contribution in [0.3, 0.4) is 0 Å². The zero-order chi connectivity index (χ0) is 45.4. The van der Waals surface area contributed by atoms with Gasteiger partial charge in [0.1, 0.15) is 11.2 Å². The van der Waals surface area contributed by atoms with Crippen molar-refractivity contribution in [3.8, 4) is 67.5 Å². The molecule has 0 radical (unpaired) electrons. The average molecular weight is 881 g/mol. The second-order valence-electron chi connectivity index (χ2n) is 17.7. The van der Waals surface area contributed by atoms with Crippen LogP contribution in [0.15, 0.2) is 247 Å². The van der Waals surface area contributed by atoms with Crippen LogP contribution in [0.1, 0.15) is 0 Å². The third kappa shape index (κ3) is 6.18. The molecule has 0 saturated heterocycles. The van der Waals surface area contributed by atoms with Crippen molar-refractivity contribution >= 4 is 65.6 Å². The van der Waals surface area contributed by atoms with Crippen LogP contribution in [0.2, 0.25) is 0 Å². The van der Waals surface area contributed by atoms with Crippen molar-refractivity contribution in [1.29, 1.82) is 0 Å². The minimum absolute atomic E-state index is 0.655. The van der Waals surface area contributed by atoms with E-state index in [2.05, 4.69) is 240 Å². The van der Waals surface area contributed by atoms with Crippen LogP contribution >= 0.6 is 0 Å². The molecule has 0 spiro atoms. The maximum atomic E-state index is 7.35. The molecular formula is C64H40N4O. The van der Waals surface area contributed by atoms with E-state index >= 15 is 0 Å². The fourth-order valence-corrected chi connectivity index (χ4v) is 10.7. The zero-order valence-electron chi connectivity index (χ0n) is 37.3. The summed E-state index contributed by atoms with van der Waals surface area (Å²) in [5, 5.41) is 6.65.